The molecule has 1 N–H and O–H groups in total. The maximum Gasteiger partial charge on any atom is 0.124 e. The van der Waals surface area contributed by atoms with Crippen LogP contribution in [0, 0.1) is 11.2 Å². The fourth-order valence-corrected chi connectivity index (χ4v) is 2.09. The van der Waals surface area contributed by atoms with Crippen LogP contribution in [0.5, 0.6) is 0 Å². The van der Waals surface area contributed by atoms with Gasteiger partial charge in [0.1, 0.15) is 5.82 Å². The van der Waals surface area contributed by atoms with E-state index in [0.29, 0.717) is 5.02 Å². The maximum atomic E-state index is 13.0. The minimum atomic E-state index is -0.298. The van der Waals surface area contributed by atoms with E-state index in [-0.39, 0.29) is 11.2 Å². The van der Waals surface area contributed by atoms with Crippen molar-refractivity contribution in [2.45, 2.75) is 26.7 Å². The molecule has 0 aromatic heterocycles. The molecule has 0 spiro atoms. The van der Waals surface area contributed by atoms with Crippen molar-refractivity contribution in [2.24, 2.45) is 5.41 Å². The molecule has 18 heavy (non-hydrogen) atoms. The third-order valence-corrected chi connectivity index (χ3v) is 3.41. The Morgan fingerprint density at radius 1 is 1.50 bits per heavy atom. The molecule has 0 aliphatic rings. The minimum Gasteiger partial charge on any atom is -0.316 e. The molecule has 0 aliphatic carbocycles. The molecule has 1 aromatic rings. The standard InChI is InChI=1S/C15H21ClFN/c1-4-8-18-11-15(3,5-2)10-12-6-7-13(17)9-14(12)16/h5-7,9,18H,2,4,8,10-11H2,1,3H3. The van der Waals surface area contributed by atoms with Crippen LogP contribution in [0.25, 0.3) is 0 Å². The third-order valence-electron chi connectivity index (χ3n) is 3.06. The van der Waals surface area contributed by atoms with Gasteiger partial charge in [-0.25, -0.2) is 4.39 Å². The monoisotopic (exact) mass is 269 g/mol. The molecule has 3 heteroatoms. The zero-order valence-corrected chi connectivity index (χ0v) is 11.9. The van der Waals surface area contributed by atoms with E-state index >= 15 is 0 Å². The summed E-state index contributed by atoms with van der Waals surface area (Å²) in [5.74, 6) is -0.298. The molecule has 1 nitrogen and oxygen atoms in total. The molecule has 0 saturated heterocycles. The average molecular weight is 270 g/mol. The molecule has 0 heterocycles. The van der Waals surface area contributed by atoms with E-state index in [1.165, 1.54) is 12.1 Å². The lowest BCUT2D eigenvalue weighted by Gasteiger charge is -2.26. The Morgan fingerprint density at radius 2 is 2.22 bits per heavy atom. The first-order chi connectivity index (χ1) is 8.50. The van der Waals surface area contributed by atoms with Crippen LogP contribution in [-0.4, -0.2) is 13.1 Å². The molecule has 0 aliphatic heterocycles. The Labute approximate surface area is 114 Å². The van der Waals surface area contributed by atoms with E-state index in [1.807, 2.05) is 6.08 Å². The third kappa shape index (κ3) is 4.43. The number of nitrogens with one attached hydrogen (secondary N) is 1. The summed E-state index contributed by atoms with van der Waals surface area (Å²) in [6.07, 6.45) is 3.80. The summed E-state index contributed by atoms with van der Waals surface area (Å²) in [5.41, 5.74) is 0.884. The first-order valence-corrected chi connectivity index (χ1v) is 6.67. The predicted octanol–water partition coefficient (Wildman–Crippen LogP) is 4.21. The van der Waals surface area contributed by atoms with E-state index in [1.54, 1.807) is 6.07 Å². The Balaban J connectivity index is 2.74. The lowest BCUT2D eigenvalue weighted by atomic mass is 9.83. The molecule has 0 amide bonds. The average Bonchev–Trinajstić information content (AvgIpc) is 2.33. The van der Waals surface area contributed by atoms with Gasteiger partial charge in [-0.2, -0.15) is 0 Å². The molecule has 0 bridgehead atoms. The van der Waals surface area contributed by atoms with Crippen LogP contribution in [0.4, 0.5) is 4.39 Å². The number of hydrogen-bond acceptors (Lipinski definition) is 1. The highest BCUT2D eigenvalue weighted by molar-refractivity contribution is 6.31. The van der Waals surface area contributed by atoms with Crippen molar-refractivity contribution in [3.63, 3.8) is 0 Å². The first-order valence-electron chi connectivity index (χ1n) is 6.29. The van der Waals surface area contributed by atoms with Gasteiger partial charge in [-0.1, -0.05) is 37.6 Å². The van der Waals surface area contributed by atoms with Crippen LogP contribution < -0.4 is 5.32 Å². The molecular formula is C15H21ClFN. The van der Waals surface area contributed by atoms with Gasteiger partial charge in [-0.15, -0.1) is 6.58 Å². The summed E-state index contributed by atoms with van der Waals surface area (Å²) < 4.78 is 13.0. The molecule has 100 valence electrons. The van der Waals surface area contributed by atoms with Gasteiger partial charge in [0.15, 0.2) is 0 Å². The molecule has 0 saturated carbocycles. The summed E-state index contributed by atoms with van der Waals surface area (Å²) in [6, 6.07) is 4.56. The second-order valence-electron chi connectivity index (χ2n) is 4.95. The Morgan fingerprint density at radius 3 is 2.78 bits per heavy atom. The lowest BCUT2D eigenvalue weighted by Crippen LogP contribution is -2.32. The van der Waals surface area contributed by atoms with Crippen molar-refractivity contribution < 1.29 is 4.39 Å². The summed E-state index contributed by atoms with van der Waals surface area (Å²) in [7, 11) is 0. The van der Waals surface area contributed by atoms with E-state index in [2.05, 4.69) is 25.7 Å². The predicted molar refractivity (Wildman–Crippen MR) is 76.6 cm³/mol. The summed E-state index contributed by atoms with van der Waals surface area (Å²) in [6.45, 7) is 9.99. The van der Waals surface area contributed by atoms with Gasteiger partial charge in [-0.3, -0.25) is 0 Å². The van der Waals surface area contributed by atoms with Gasteiger partial charge in [0.25, 0.3) is 0 Å². The molecule has 1 aromatic carbocycles. The topological polar surface area (TPSA) is 12.0 Å². The molecule has 0 radical (unpaired) electrons. The van der Waals surface area contributed by atoms with Gasteiger partial charge >= 0.3 is 0 Å². The van der Waals surface area contributed by atoms with Crippen molar-refractivity contribution in [3.05, 3.63) is 47.3 Å². The van der Waals surface area contributed by atoms with Gasteiger partial charge in [-0.05, 0) is 37.1 Å². The van der Waals surface area contributed by atoms with E-state index in [9.17, 15) is 4.39 Å². The lowest BCUT2D eigenvalue weighted by molar-refractivity contribution is 0.391. The van der Waals surface area contributed by atoms with Crippen molar-refractivity contribution in [2.75, 3.05) is 13.1 Å². The zero-order valence-electron chi connectivity index (χ0n) is 11.1. The van der Waals surface area contributed by atoms with Crippen LogP contribution in [0.3, 0.4) is 0 Å². The highest BCUT2D eigenvalue weighted by Gasteiger charge is 2.21. The molecule has 1 rings (SSSR count). The van der Waals surface area contributed by atoms with Crippen LogP contribution in [0.15, 0.2) is 30.9 Å². The van der Waals surface area contributed by atoms with Gasteiger partial charge in [0.05, 0.1) is 0 Å². The normalized spacial score (nSPS) is 14.2. The van der Waals surface area contributed by atoms with Crippen LogP contribution in [0.2, 0.25) is 5.02 Å². The molecule has 0 fully saturated rings. The molecule has 1 atom stereocenters. The first kappa shape index (κ1) is 15.2. The summed E-state index contributed by atoms with van der Waals surface area (Å²) >= 11 is 6.06. The van der Waals surface area contributed by atoms with Gasteiger partial charge in [0.2, 0.25) is 0 Å². The van der Waals surface area contributed by atoms with E-state index < -0.39 is 0 Å². The van der Waals surface area contributed by atoms with Gasteiger partial charge in [0, 0.05) is 17.0 Å². The number of rotatable bonds is 7. The molecule has 1 unspecified atom stereocenters. The largest absolute Gasteiger partial charge is 0.316 e. The highest BCUT2D eigenvalue weighted by atomic mass is 35.5. The smallest absolute Gasteiger partial charge is 0.124 e. The second-order valence-corrected chi connectivity index (χ2v) is 5.35. The fourth-order valence-electron chi connectivity index (χ4n) is 1.86. The Kier molecular flexibility index (Phi) is 5.83. The second kappa shape index (κ2) is 6.91. The summed E-state index contributed by atoms with van der Waals surface area (Å²) in [5, 5.41) is 3.87. The van der Waals surface area contributed by atoms with Crippen molar-refractivity contribution in [1.82, 2.24) is 5.32 Å². The Bertz CT molecular complexity index is 405. The van der Waals surface area contributed by atoms with Crippen molar-refractivity contribution in [3.8, 4) is 0 Å². The Hall–Kier alpha value is -0.860. The van der Waals surface area contributed by atoms with Crippen LogP contribution in [-0.2, 0) is 6.42 Å². The van der Waals surface area contributed by atoms with Crippen LogP contribution >= 0.6 is 11.6 Å². The minimum absolute atomic E-state index is 0.0728. The maximum absolute atomic E-state index is 13.0. The fraction of sp³-hybridized carbons (Fsp3) is 0.467. The molecular weight excluding hydrogens is 249 g/mol. The van der Waals surface area contributed by atoms with Gasteiger partial charge < -0.3 is 5.32 Å². The number of halogens is 2. The summed E-state index contributed by atoms with van der Waals surface area (Å²) in [4.78, 5) is 0. The SMILES string of the molecule is C=CC(C)(CNCCC)Cc1ccc(F)cc1Cl. The quantitative estimate of drug-likeness (QED) is 0.577. The number of hydrogen-bond donors (Lipinski definition) is 1. The number of benzene rings is 1. The van der Waals surface area contributed by atoms with Crippen molar-refractivity contribution in [1.29, 1.82) is 0 Å². The van der Waals surface area contributed by atoms with E-state index in [4.69, 9.17) is 11.6 Å². The van der Waals surface area contributed by atoms with E-state index in [0.717, 1.165) is 31.5 Å². The highest BCUT2D eigenvalue weighted by Crippen LogP contribution is 2.27. The van der Waals surface area contributed by atoms with Crippen molar-refractivity contribution >= 4 is 11.6 Å². The van der Waals surface area contributed by atoms with Crippen LogP contribution in [0.1, 0.15) is 25.8 Å². The zero-order chi connectivity index (χ0) is 13.6.